The maximum atomic E-state index is 13.6. The molecule has 0 aliphatic rings. The summed E-state index contributed by atoms with van der Waals surface area (Å²) in [6.07, 6.45) is -5.38. The number of aliphatic hydroxyl groups is 1. The third kappa shape index (κ3) is 4.43. The van der Waals surface area contributed by atoms with Crippen LogP contribution in [-0.4, -0.2) is 39.9 Å². The van der Waals surface area contributed by atoms with Gasteiger partial charge < -0.3 is 20.8 Å². The summed E-state index contributed by atoms with van der Waals surface area (Å²) in [6.45, 7) is 1.22. The Morgan fingerprint density at radius 3 is 2.38 bits per heavy atom. The van der Waals surface area contributed by atoms with E-state index in [9.17, 15) is 37.4 Å². The number of nitrogens with one attached hydrogen (secondary N) is 3. The van der Waals surface area contributed by atoms with Gasteiger partial charge in [-0.15, -0.1) is 0 Å². The molecule has 0 aliphatic carbocycles. The van der Waals surface area contributed by atoms with Gasteiger partial charge in [-0.2, -0.15) is 13.2 Å². The number of hydrogen-bond donors (Lipinski definition) is 5. The van der Waals surface area contributed by atoms with E-state index in [1.165, 1.54) is 19.1 Å². The van der Waals surface area contributed by atoms with Crippen molar-refractivity contribution >= 4 is 44.3 Å². The summed E-state index contributed by atoms with van der Waals surface area (Å²) in [5, 5.41) is 27.0. The van der Waals surface area contributed by atoms with Crippen LogP contribution < -0.4 is 16.0 Å². The van der Waals surface area contributed by atoms with Crippen molar-refractivity contribution in [3.05, 3.63) is 47.8 Å². The molecular weight excluding hydrogens is 456 g/mol. The molecule has 0 aliphatic heterocycles. The molecule has 0 bridgehead atoms. The van der Waals surface area contributed by atoms with Crippen LogP contribution in [0, 0.1) is 5.82 Å². The molecule has 3 rings (SSSR count). The summed E-state index contributed by atoms with van der Waals surface area (Å²) in [4.78, 5) is 28.1. The molecule has 3 amide bonds. The van der Waals surface area contributed by atoms with Crippen LogP contribution in [0.4, 0.5) is 33.2 Å². The molecule has 0 fully saturated rings. The van der Waals surface area contributed by atoms with Gasteiger partial charge in [0, 0.05) is 17.8 Å². The Balaban J connectivity index is 1.92. The second-order valence-electron chi connectivity index (χ2n) is 6.51. The Kier molecular flexibility index (Phi) is 6.23. The Morgan fingerprint density at radius 2 is 1.78 bits per heavy atom. The lowest BCUT2D eigenvalue weighted by atomic mass is 9.91. The van der Waals surface area contributed by atoms with Gasteiger partial charge in [-0.3, -0.25) is 10.1 Å². The van der Waals surface area contributed by atoms with Crippen LogP contribution >= 0.6 is 11.3 Å². The molecule has 13 heteroatoms. The van der Waals surface area contributed by atoms with Crippen molar-refractivity contribution in [3.63, 3.8) is 0 Å². The van der Waals surface area contributed by atoms with Crippen molar-refractivity contribution in [2.45, 2.75) is 18.7 Å². The van der Waals surface area contributed by atoms with E-state index in [0.717, 1.165) is 18.2 Å². The van der Waals surface area contributed by atoms with Gasteiger partial charge in [0.15, 0.2) is 5.13 Å². The van der Waals surface area contributed by atoms with E-state index in [4.69, 9.17) is 0 Å². The third-order valence-corrected chi connectivity index (χ3v) is 5.21. The smallest absolute Gasteiger partial charge is 0.430 e. The molecule has 8 nitrogen and oxygen atoms in total. The summed E-state index contributed by atoms with van der Waals surface area (Å²) < 4.78 is 53.7. The zero-order chi connectivity index (χ0) is 23.7. The number of likely N-dealkylation sites (N-methyl/N-ethyl adjacent to an activating group) is 1. The number of carbonyl (C=O) groups is 2. The molecule has 0 unspecified atom stereocenters. The zero-order valence-corrected chi connectivity index (χ0v) is 17.1. The Hall–Kier alpha value is -3.45. The summed E-state index contributed by atoms with van der Waals surface area (Å²) in [5.41, 5.74) is -4.69. The fourth-order valence-corrected chi connectivity index (χ4v) is 3.70. The highest BCUT2D eigenvalue weighted by Gasteiger charge is 2.61. The number of fused-ring (bicyclic) bond motifs is 1. The van der Waals surface area contributed by atoms with Crippen LogP contribution in [0.5, 0.6) is 5.75 Å². The molecule has 0 saturated carbocycles. The first kappa shape index (κ1) is 23.2. The molecule has 1 heterocycles. The van der Waals surface area contributed by atoms with E-state index in [2.05, 4.69) is 15.6 Å². The van der Waals surface area contributed by atoms with Crippen LogP contribution in [-0.2, 0) is 10.4 Å². The van der Waals surface area contributed by atoms with Crippen molar-refractivity contribution < 1.29 is 37.4 Å². The number of amides is 3. The van der Waals surface area contributed by atoms with Gasteiger partial charge >= 0.3 is 12.2 Å². The number of aromatic nitrogens is 1. The number of anilines is 2. The van der Waals surface area contributed by atoms with E-state index in [1.807, 2.05) is 5.32 Å². The lowest BCUT2D eigenvalue weighted by Gasteiger charge is -2.29. The predicted octanol–water partition coefficient (Wildman–Crippen LogP) is 3.67. The standard InChI is InChI=1S/C19H16F4N4O4S/c1-2-24-15(29)18(31,19(21,22)23)9-7-12(28)14-13(8-9)32-17(26-14)27-16(30)25-11-5-3-10(20)4-6-11/h3-8,28,31H,2H2,1H3,(H,24,29)(H2,25,26,27,30)/t18-/m1/s1. The molecule has 0 spiro atoms. The molecule has 1 atom stereocenters. The monoisotopic (exact) mass is 472 g/mol. The van der Waals surface area contributed by atoms with E-state index < -0.39 is 40.8 Å². The molecule has 5 N–H and O–H groups in total. The molecule has 170 valence electrons. The minimum absolute atomic E-state index is 0.0240. The van der Waals surface area contributed by atoms with Crippen LogP contribution in [0.3, 0.4) is 0 Å². The third-order valence-electron chi connectivity index (χ3n) is 4.29. The number of thiazole rings is 1. The number of aromatic hydroxyl groups is 1. The average Bonchev–Trinajstić information content (AvgIpc) is 3.11. The van der Waals surface area contributed by atoms with Gasteiger partial charge in [0.05, 0.1) is 4.70 Å². The van der Waals surface area contributed by atoms with Gasteiger partial charge in [-0.05, 0) is 43.3 Å². The summed E-state index contributed by atoms with van der Waals surface area (Å²) in [7, 11) is 0. The lowest BCUT2D eigenvalue weighted by molar-refractivity contribution is -0.256. The SMILES string of the molecule is CCNC(=O)[C@](O)(c1cc(O)c2nc(NC(=O)Nc3ccc(F)cc3)sc2c1)C(F)(F)F. The van der Waals surface area contributed by atoms with E-state index in [1.54, 1.807) is 0 Å². The number of alkyl halides is 3. The van der Waals surface area contributed by atoms with Crippen molar-refractivity contribution in [3.8, 4) is 5.75 Å². The number of carbonyl (C=O) groups excluding carboxylic acids is 2. The number of benzene rings is 2. The fraction of sp³-hybridized carbons (Fsp3) is 0.211. The van der Waals surface area contributed by atoms with Crippen molar-refractivity contribution in [2.75, 3.05) is 17.2 Å². The van der Waals surface area contributed by atoms with E-state index >= 15 is 0 Å². The number of nitrogens with zero attached hydrogens (tertiary/aromatic N) is 1. The Labute approximate surface area is 181 Å². The van der Waals surface area contributed by atoms with Gasteiger partial charge in [-0.1, -0.05) is 11.3 Å². The van der Waals surface area contributed by atoms with Crippen molar-refractivity contribution in [2.24, 2.45) is 0 Å². The highest BCUT2D eigenvalue weighted by atomic mass is 32.1. The summed E-state index contributed by atoms with van der Waals surface area (Å²) in [6, 6.07) is 5.55. The van der Waals surface area contributed by atoms with Crippen molar-refractivity contribution in [1.82, 2.24) is 10.3 Å². The first-order valence-corrected chi connectivity index (χ1v) is 9.82. The summed E-state index contributed by atoms with van der Waals surface area (Å²) in [5.74, 6) is -2.93. The van der Waals surface area contributed by atoms with Crippen LogP contribution in [0.15, 0.2) is 36.4 Å². The molecule has 0 radical (unpaired) electrons. The minimum atomic E-state index is -5.38. The van der Waals surface area contributed by atoms with Crippen molar-refractivity contribution in [1.29, 1.82) is 0 Å². The maximum absolute atomic E-state index is 13.6. The molecule has 3 aromatic rings. The van der Waals surface area contributed by atoms with Gasteiger partial charge in [0.1, 0.15) is 17.1 Å². The minimum Gasteiger partial charge on any atom is -0.506 e. The second kappa shape index (κ2) is 8.59. The first-order chi connectivity index (χ1) is 15.0. The average molecular weight is 472 g/mol. The fourth-order valence-electron chi connectivity index (χ4n) is 2.78. The van der Waals surface area contributed by atoms with Crippen LogP contribution in [0.2, 0.25) is 0 Å². The highest BCUT2D eigenvalue weighted by Crippen LogP contribution is 2.43. The molecule has 1 aromatic heterocycles. The second-order valence-corrected chi connectivity index (χ2v) is 7.55. The quantitative estimate of drug-likeness (QED) is 0.363. The number of phenols is 1. The maximum Gasteiger partial charge on any atom is 0.430 e. The molecule has 32 heavy (non-hydrogen) atoms. The van der Waals surface area contributed by atoms with Gasteiger partial charge in [0.25, 0.3) is 11.5 Å². The van der Waals surface area contributed by atoms with Crippen LogP contribution in [0.1, 0.15) is 12.5 Å². The predicted molar refractivity (Wildman–Crippen MR) is 109 cm³/mol. The Morgan fingerprint density at radius 1 is 1.12 bits per heavy atom. The van der Waals surface area contributed by atoms with E-state index in [-0.39, 0.29) is 27.6 Å². The number of hydrogen-bond acceptors (Lipinski definition) is 6. The topological polar surface area (TPSA) is 124 Å². The lowest BCUT2D eigenvalue weighted by Crippen LogP contribution is -2.54. The van der Waals surface area contributed by atoms with Gasteiger partial charge in [-0.25, -0.2) is 14.2 Å². The number of halogens is 4. The molecule has 0 saturated heterocycles. The highest BCUT2D eigenvalue weighted by molar-refractivity contribution is 7.22. The first-order valence-electron chi connectivity index (χ1n) is 9.00. The van der Waals surface area contributed by atoms with Crippen LogP contribution in [0.25, 0.3) is 10.2 Å². The van der Waals surface area contributed by atoms with E-state index in [0.29, 0.717) is 17.4 Å². The number of rotatable bonds is 5. The zero-order valence-electron chi connectivity index (χ0n) is 16.2. The summed E-state index contributed by atoms with van der Waals surface area (Å²) >= 11 is 0.706. The normalized spacial score (nSPS) is 13.4. The number of urea groups is 1. The number of phenolic OH excluding ortho intramolecular Hbond substituents is 1. The van der Waals surface area contributed by atoms with Gasteiger partial charge in [0.2, 0.25) is 0 Å². The molecular formula is C19H16F4N4O4S. The largest absolute Gasteiger partial charge is 0.506 e. The molecule has 2 aromatic carbocycles. The Bertz CT molecular complexity index is 1170.